The summed E-state index contributed by atoms with van der Waals surface area (Å²) >= 11 is 0. The quantitative estimate of drug-likeness (QED) is 0.256. The highest BCUT2D eigenvalue weighted by atomic mass is 16.2. The van der Waals surface area contributed by atoms with Gasteiger partial charge in [-0.2, -0.15) is 5.10 Å². The Balaban J connectivity index is 1.08. The lowest BCUT2D eigenvalue weighted by atomic mass is 9.98. The lowest BCUT2D eigenvalue weighted by molar-refractivity contribution is -0.136. The molecule has 5 amide bonds. The van der Waals surface area contributed by atoms with Gasteiger partial charge in [-0.3, -0.25) is 38.9 Å². The molecular weight excluding hydrogens is 586 g/mol. The number of aromatic nitrogens is 2. The van der Waals surface area contributed by atoms with Crippen molar-refractivity contribution in [2.24, 2.45) is 5.92 Å². The first-order valence-electron chi connectivity index (χ1n) is 14.5. The molecule has 46 heavy (non-hydrogen) atoms. The van der Waals surface area contributed by atoms with E-state index in [0.29, 0.717) is 35.6 Å². The Hall–Kier alpha value is -6.19. The summed E-state index contributed by atoms with van der Waals surface area (Å²) in [4.78, 5) is 69.5. The van der Waals surface area contributed by atoms with E-state index in [0.717, 1.165) is 10.6 Å². The van der Waals surface area contributed by atoms with Crippen molar-refractivity contribution in [3.63, 3.8) is 0 Å². The Kier molecular flexibility index (Phi) is 7.39. The normalized spacial score (nSPS) is 17.7. The summed E-state index contributed by atoms with van der Waals surface area (Å²) in [5.74, 6) is 6.41. The molecule has 1 unspecified atom stereocenters. The van der Waals surface area contributed by atoms with Crippen LogP contribution in [0.5, 0.6) is 0 Å². The number of amides is 5. The van der Waals surface area contributed by atoms with Crippen LogP contribution in [0.1, 0.15) is 58.5 Å². The van der Waals surface area contributed by atoms with Crippen molar-refractivity contribution in [1.29, 1.82) is 0 Å². The molecule has 2 fully saturated rings. The molecule has 12 heteroatoms. The second kappa shape index (κ2) is 11.4. The highest BCUT2D eigenvalue weighted by molar-refractivity contribution is 6.23. The number of nitrogens with zero attached hydrogens (tertiary/aromatic N) is 5. The van der Waals surface area contributed by atoms with Crippen molar-refractivity contribution in [2.75, 3.05) is 23.3 Å². The van der Waals surface area contributed by atoms with Gasteiger partial charge in [0.05, 0.1) is 41.1 Å². The minimum absolute atomic E-state index is 0.0471. The van der Waals surface area contributed by atoms with Crippen LogP contribution in [0.2, 0.25) is 0 Å². The molecule has 1 aromatic heterocycles. The number of carbonyl (C=O) groups excluding carboxylic acids is 5. The van der Waals surface area contributed by atoms with Gasteiger partial charge >= 0.3 is 0 Å². The van der Waals surface area contributed by atoms with Gasteiger partial charge in [0.25, 0.3) is 17.7 Å². The molecule has 0 bridgehead atoms. The molecule has 3 aliphatic rings. The maximum absolute atomic E-state index is 13.2. The number of rotatable bonds is 5. The third-order valence-electron chi connectivity index (χ3n) is 8.34. The molecule has 0 spiro atoms. The van der Waals surface area contributed by atoms with E-state index in [2.05, 4.69) is 38.3 Å². The van der Waals surface area contributed by atoms with Crippen LogP contribution in [0.15, 0.2) is 48.8 Å². The number of benzene rings is 2. The van der Waals surface area contributed by atoms with Crippen LogP contribution in [0, 0.1) is 36.7 Å². The molecular formula is C34H27N7O5. The number of piperidine rings is 1. The van der Waals surface area contributed by atoms with Crippen molar-refractivity contribution in [2.45, 2.75) is 38.3 Å². The highest BCUT2D eigenvalue weighted by Crippen LogP contribution is 2.33. The van der Waals surface area contributed by atoms with E-state index >= 15 is 0 Å². The number of imide groups is 2. The molecule has 2 saturated heterocycles. The number of fused-ring (bicyclic) bond motifs is 1. The topological polar surface area (TPSA) is 138 Å². The second-order valence-corrected chi connectivity index (χ2v) is 11.7. The first-order chi connectivity index (χ1) is 22.0. The largest absolute Gasteiger partial charge is 0.369 e. The number of anilines is 2. The van der Waals surface area contributed by atoms with Crippen molar-refractivity contribution in [1.82, 2.24) is 20.0 Å². The highest BCUT2D eigenvalue weighted by Gasteiger charge is 2.45. The Morgan fingerprint density at radius 3 is 2.59 bits per heavy atom. The average Bonchev–Trinajstić information content (AvgIpc) is 3.59. The number of carbonyl (C=O) groups is 5. The van der Waals surface area contributed by atoms with Gasteiger partial charge in [-0.1, -0.05) is 23.8 Å². The predicted octanol–water partition coefficient (Wildman–Crippen LogP) is 2.68. The summed E-state index contributed by atoms with van der Waals surface area (Å²) in [6.07, 6.45) is 9.03. The fourth-order valence-corrected chi connectivity index (χ4v) is 5.52. The van der Waals surface area contributed by atoms with E-state index in [1.807, 2.05) is 4.90 Å². The van der Waals surface area contributed by atoms with Crippen LogP contribution in [-0.2, 0) is 19.9 Å². The lowest BCUT2D eigenvalue weighted by Gasteiger charge is -2.38. The first-order valence-corrected chi connectivity index (χ1v) is 14.5. The van der Waals surface area contributed by atoms with E-state index in [1.165, 1.54) is 4.68 Å². The molecule has 4 heterocycles. The van der Waals surface area contributed by atoms with Crippen LogP contribution in [0.3, 0.4) is 0 Å². The number of hydrogen-bond acceptors (Lipinski definition) is 7. The molecule has 228 valence electrons. The van der Waals surface area contributed by atoms with E-state index in [4.69, 9.17) is 13.0 Å². The average molecular weight is 614 g/mol. The molecule has 3 aromatic rings. The van der Waals surface area contributed by atoms with E-state index < -0.39 is 35.2 Å². The number of hydrogen-bond donors (Lipinski definition) is 2. The Morgan fingerprint density at radius 2 is 1.87 bits per heavy atom. The summed E-state index contributed by atoms with van der Waals surface area (Å²) < 4.78 is 1.53. The smallest absolute Gasteiger partial charge is 0.262 e. The minimum atomic E-state index is -1.07. The van der Waals surface area contributed by atoms with Crippen LogP contribution >= 0.6 is 0 Å². The molecule has 1 atom stereocenters. The summed E-state index contributed by atoms with van der Waals surface area (Å²) in [5, 5.41) is 9.39. The molecule has 0 radical (unpaired) electrons. The van der Waals surface area contributed by atoms with Crippen LogP contribution in [0.25, 0.3) is 4.85 Å². The number of terminal acetylenes is 1. The Morgan fingerprint density at radius 1 is 1.11 bits per heavy atom. The minimum Gasteiger partial charge on any atom is -0.369 e. The molecule has 3 aliphatic heterocycles. The van der Waals surface area contributed by atoms with Gasteiger partial charge in [-0.15, -0.1) is 6.42 Å². The molecule has 2 aromatic carbocycles. The van der Waals surface area contributed by atoms with E-state index in [9.17, 15) is 24.0 Å². The molecule has 12 nitrogen and oxygen atoms in total. The van der Waals surface area contributed by atoms with Gasteiger partial charge in [0, 0.05) is 37.0 Å². The first kappa shape index (κ1) is 29.9. The molecule has 0 aliphatic carbocycles. The predicted molar refractivity (Wildman–Crippen MR) is 167 cm³/mol. The number of nitrogens with one attached hydrogen (secondary N) is 2. The van der Waals surface area contributed by atoms with E-state index in [-0.39, 0.29) is 35.8 Å². The summed E-state index contributed by atoms with van der Waals surface area (Å²) in [6.45, 7) is 11.8. The zero-order chi connectivity index (χ0) is 32.7. The third-order valence-corrected chi connectivity index (χ3v) is 8.34. The second-order valence-electron chi connectivity index (χ2n) is 11.7. The molecule has 2 N–H and O–H groups in total. The van der Waals surface area contributed by atoms with Gasteiger partial charge in [-0.05, 0) is 50.6 Å². The van der Waals surface area contributed by atoms with Gasteiger partial charge in [0.15, 0.2) is 5.69 Å². The summed E-state index contributed by atoms with van der Waals surface area (Å²) in [7, 11) is 0. The van der Waals surface area contributed by atoms with Crippen LogP contribution in [0.4, 0.5) is 17.1 Å². The maximum atomic E-state index is 13.2. The lowest BCUT2D eigenvalue weighted by Crippen LogP contribution is -2.54. The summed E-state index contributed by atoms with van der Waals surface area (Å²) in [5.41, 5.74) is 2.02. The fourth-order valence-electron chi connectivity index (χ4n) is 5.52. The fraction of sp³-hybridized carbons (Fsp3) is 0.265. The zero-order valence-electron chi connectivity index (χ0n) is 25.0. The van der Waals surface area contributed by atoms with Crippen LogP contribution in [-0.4, -0.2) is 63.3 Å². The molecule has 0 saturated carbocycles. The monoisotopic (exact) mass is 613 g/mol. The van der Waals surface area contributed by atoms with Crippen LogP contribution < -0.4 is 15.5 Å². The van der Waals surface area contributed by atoms with Gasteiger partial charge in [0.2, 0.25) is 11.8 Å². The molecule has 6 rings (SSSR count). The van der Waals surface area contributed by atoms with Crippen molar-refractivity contribution < 1.29 is 24.0 Å². The van der Waals surface area contributed by atoms with Gasteiger partial charge in [-0.25, -0.2) is 4.85 Å². The van der Waals surface area contributed by atoms with Gasteiger partial charge in [0.1, 0.15) is 11.6 Å². The van der Waals surface area contributed by atoms with Crippen molar-refractivity contribution >= 4 is 46.6 Å². The van der Waals surface area contributed by atoms with E-state index in [1.54, 1.807) is 62.6 Å². The van der Waals surface area contributed by atoms with Crippen molar-refractivity contribution in [3.8, 4) is 24.2 Å². The van der Waals surface area contributed by atoms with Gasteiger partial charge < -0.3 is 10.2 Å². The third kappa shape index (κ3) is 5.25. The zero-order valence-corrected chi connectivity index (χ0v) is 25.0. The SMILES string of the molecule is [C-]#[N+]c1ccc(NC(=O)C(C)(C)n2cc(C#CC3CN(c4ccc5c(c4)C(=O)N(C4CCC(=O)NC4=O)C5=O)C3)cn2)c(C#C)c1. The van der Waals surface area contributed by atoms with Crippen molar-refractivity contribution in [3.05, 3.63) is 82.5 Å². The summed E-state index contributed by atoms with van der Waals surface area (Å²) in [6, 6.07) is 8.75. The maximum Gasteiger partial charge on any atom is 0.262 e. The Labute approximate surface area is 264 Å². The Bertz CT molecular complexity index is 2000. The standard InChI is InChI=1S/C34H27N7O5/c1-5-22-14-23(35-4)8-11-27(22)37-33(46)34(2,3)40-19-20(16-36-40)6-7-21-17-39(18-21)24-9-10-25-26(15-24)32(45)41(31(25)44)28-12-13-29(42)38-30(28)43/h1,8-11,14-16,19,21,28H,12-13,17-18H2,2-3H3,(H,37,46)(H,38,42,43).